The van der Waals surface area contributed by atoms with Crippen LogP contribution in [0.5, 0.6) is 0 Å². The molecule has 0 amide bonds. The minimum absolute atomic E-state index is 0.508. The van der Waals surface area contributed by atoms with Crippen LogP contribution < -0.4 is 4.90 Å². The van der Waals surface area contributed by atoms with Crippen LogP contribution in [0.3, 0.4) is 0 Å². The van der Waals surface area contributed by atoms with E-state index in [0.717, 1.165) is 17.1 Å². The molecule has 0 aliphatic heterocycles. The third kappa shape index (κ3) is 5.39. The molecule has 0 fully saturated rings. The van der Waals surface area contributed by atoms with Crippen LogP contribution in [-0.4, -0.2) is 0 Å². The lowest BCUT2D eigenvalue weighted by molar-refractivity contribution is 0.768. The van der Waals surface area contributed by atoms with Gasteiger partial charge in [0.2, 0.25) is 0 Å². The number of hydrogen-bond donors (Lipinski definition) is 0. The summed E-state index contributed by atoms with van der Waals surface area (Å²) in [5, 5.41) is 5.06. The van der Waals surface area contributed by atoms with Crippen molar-refractivity contribution in [1.82, 2.24) is 0 Å². The first-order valence-electron chi connectivity index (χ1n) is 20.1. The van der Waals surface area contributed by atoms with E-state index < -0.39 is 5.41 Å². The van der Waals surface area contributed by atoms with E-state index in [1.54, 1.807) is 0 Å². The van der Waals surface area contributed by atoms with Crippen molar-refractivity contribution >= 4 is 38.6 Å². The summed E-state index contributed by atoms with van der Waals surface area (Å²) in [4.78, 5) is 2.46. The Bertz CT molecular complexity index is 3070. The molecule has 11 rings (SSSR count). The van der Waals surface area contributed by atoms with Crippen LogP contribution in [-0.2, 0) is 5.41 Å². The van der Waals surface area contributed by atoms with E-state index in [9.17, 15) is 0 Å². The van der Waals surface area contributed by atoms with E-state index in [4.69, 9.17) is 0 Å². The van der Waals surface area contributed by atoms with Crippen LogP contribution in [0.4, 0.5) is 17.1 Å². The van der Waals surface area contributed by atoms with Gasteiger partial charge >= 0.3 is 0 Å². The first-order chi connectivity index (χ1) is 28.8. The third-order valence-electron chi connectivity index (χ3n) is 12.1. The summed E-state index contributed by atoms with van der Waals surface area (Å²) in [6, 6.07) is 86.9. The molecule has 0 bridgehead atoms. The Kier molecular flexibility index (Phi) is 8.12. The van der Waals surface area contributed by atoms with Crippen molar-refractivity contribution in [2.75, 3.05) is 4.90 Å². The molecule has 1 nitrogen and oxygen atoms in total. The van der Waals surface area contributed by atoms with Gasteiger partial charge in [0.15, 0.2) is 0 Å². The average Bonchev–Trinajstić information content (AvgIpc) is 3.60. The summed E-state index contributed by atoms with van der Waals surface area (Å²) in [5.41, 5.74) is 15.2. The van der Waals surface area contributed by atoms with Crippen LogP contribution in [0, 0.1) is 0 Å². The van der Waals surface area contributed by atoms with Gasteiger partial charge in [-0.3, -0.25) is 0 Å². The topological polar surface area (TPSA) is 3.24 Å². The van der Waals surface area contributed by atoms with Crippen LogP contribution in [0.1, 0.15) is 22.3 Å². The maximum absolute atomic E-state index is 2.46. The molecule has 0 spiro atoms. The van der Waals surface area contributed by atoms with Crippen LogP contribution in [0.25, 0.3) is 54.9 Å². The number of benzene rings is 10. The third-order valence-corrected chi connectivity index (χ3v) is 12.1. The molecule has 0 aromatic heterocycles. The molecule has 0 saturated carbocycles. The molecule has 1 aliphatic rings. The molecule has 10 aromatic rings. The molecule has 1 aliphatic carbocycles. The van der Waals surface area contributed by atoms with Gasteiger partial charge in [0.05, 0.1) is 11.1 Å². The second kappa shape index (κ2) is 13.9. The summed E-state index contributed by atoms with van der Waals surface area (Å²) in [6.45, 7) is 0. The normalized spacial score (nSPS) is 12.6. The van der Waals surface area contributed by atoms with Crippen molar-refractivity contribution in [2.45, 2.75) is 5.41 Å². The van der Waals surface area contributed by atoms with Gasteiger partial charge in [-0.1, -0.05) is 200 Å². The summed E-state index contributed by atoms with van der Waals surface area (Å²) in [7, 11) is 0. The fraction of sp³-hybridized carbons (Fsp3) is 0.0175. The maximum atomic E-state index is 2.46. The predicted octanol–water partition coefficient (Wildman–Crippen LogP) is 15.2. The van der Waals surface area contributed by atoms with E-state index in [1.807, 2.05) is 0 Å². The highest BCUT2D eigenvalue weighted by Crippen LogP contribution is 2.57. The minimum Gasteiger partial charge on any atom is -0.310 e. The van der Waals surface area contributed by atoms with E-state index >= 15 is 0 Å². The lowest BCUT2D eigenvalue weighted by Crippen LogP contribution is -2.28. The number of rotatable bonds is 7. The molecule has 0 unspecified atom stereocenters. The number of para-hydroxylation sites is 1. The summed E-state index contributed by atoms with van der Waals surface area (Å²) < 4.78 is 0. The first kappa shape index (κ1) is 33.8. The highest BCUT2D eigenvalue weighted by molar-refractivity contribution is 6.08. The van der Waals surface area contributed by atoms with Crippen molar-refractivity contribution < 1.29 is 0 Å². The average molecular weight is 738 g/mol. The van der Waals surface area contributed by atoms with E-state index in [1.165, 1.54) is 77.2 Å². The maximum Gasteiger partial charge on any atom is 0.0714 e. The van der Waals surface area contributed by atoms with Gasteiger partial charge < -0.3 is 4.90 Å². The van der Waals surface area contributed by atoms with Crippen LogP contribution in [0.2, 0.25) is 0 Å². The number of anilines is 3. The Balaban J connectivity index is 1.15. The smallest absolute Gasteiger partial charge is 0.0714 e. The van der Waals surface area contributed by atoms with Crippen LogP contribution in [0.15, 0.2) is 237 Å². The van der Waals surface area contributed by atoms with Gasteiger partial charge in [0.25, 0.3) is 0 Å². The summed E-state index contributed by atoms with van der Waals surface area (Å²) >= 11 is 0. The number of fused-ring (bicyclic) bond motifs is 6. The van der Waals surface area contributed by atoms with Gasteiger partial charge in [-0.2, -0.15) is 0 Å². The summed E-state index contributed by atoms with van der Waals surface area (Å²) in [5.74, 6) is 0. The second-order valence-corrected chi connectivity index (χ2v) is 15.2. The first-order valence-corrected chi connectivity index (χ1v) is 20.1. The van der Waals surface area contributed by atoms with Crippen molar-refractivity contribution in [3.63, 3.8) is 0 Å². The minimum atomic E-state index is -0.508. The largest absolute Gasteiger partial charge is 0.310 e. The predicted molar refractivity (Wildman–Crippen MR) is 244 cm³/mol. The van der Waals surface area contributed by atoms with E-state index in [2.05, 4.69) is 241 Å². The molecule has 1 heteroatoms. The van der Waals surface area contributed by atoms with Crippen molar-refractivity contribution in [3.05, 3.63) is 259 Å². The van der Waals surface area contributed by atoms with Gasteiger partial charge in [-0.15, -0.1) is 0 Å². The lowest BCUT2D eigenvalue weighted by atomic mass is 9.67. The Morgan fingerprint density at radius 2 is 0.862 bits per heavy atom. The van der Waals surface area contributed by atoms with Crippen molar-refractivity contribution in [2.24, 2.45) is 0 Å². The highest BCUT2D eigenvalue weighted by Gasteiger charge is 2.46. The molecule has 0 saturated heterocycles. The molecule has 10 aromatic carbocycles. The molecule has 0 heterocycles. The Morgan fingerprint density at radius 1 is 0.293 bits per heavy atom. The summed E-state index contributed by atoms with van der Waals surface area (Å²) in [6.07, 6.45) is 0. The fourth-order valence-corrected chi connectivity index (χ4v) is 9.55. The van der Waals surface area contributed by atoms with E-state index in [0.29, 0.717) is 0 Å². The quantitative estimate of drug-likeness (QED) is 0.147. The molecule has 58 heavy (non-hydrogen) atoms. The zero-order valence-corrected chi connectivity index (χ0v) is 32.0. The fourth-order valence-electron chi connectivity index (χ4n) is 9.55. The molecule has 0 atom stereocenters. The van der Waals surface area contributed by atoms with Gasteiger partial charge in [-0.25, -0.2) is 0 Å². The molecule has 0 radical (unpaired) electrons. The van der Waals surface area contributed by atoms with E-state index in [-0.39, 0.29) is 0 Å². The van der Waals surface area contributed by atoms with Gasteiger partial charge in [-0.05, 0) is 108 Å². The standard InChI is InChI=1S/C57H39N/c1-4-17-40(18-5-1)51-27-13-15-30-56(51)58(47-25-16-20-42(38-47)43-33-35-50-44(37-43)32-31-41-19-10-11-26-49(41)50)48-34-36-53-52-28-12-14-29-54(52)57(55(53)39-48,45-21-6-2-7-22-45)46-23-8-3-9-24-46/h1-39H. The zero-order valence-electron chi connectivity index (χ0n) is 32.0. The molecule has 0 N–H and O–H groups in total. The number of hydrogen-bond acceptors (Lipinski definition) is 1. The molecular formula is C57H39N. The van der Waals surface area contributed by atoms with Crippen molar-refractivity contribution in [3.8, 4) is 33.4 Å². The van der Waals surface area contributed by atoms with Gasteiger partial charge in [0.1, 0.15) is 0 Å². The Morgan fingerprint density at radius 3 is 1.66 bits per heavy atom. The highest BCUT2D eigenvalue weighted by atomic mass is 15.1. The second-order valence-electron chi connectivity index (χ2n) is 15.2. The molecular weight excluding hydrogens is 699 g/mol. The van der Waals surface area contributed by atoms with Crippen molar-refractivity contribution in [1.29, 1.82) is 0 Å². The van der Waals surface area contributed by atoms with Gasteiger partial charge in [0, 0.05) is 16.9 Å². The number of nitrogens with zero attached hydrogens (tertiary/aromatic N) is 1. The molecule has 272 valence electrons. The Hall–Kier alpha value is -7.48. The monoisotopic (exact) mass is 737 g/mol. The zero-order chi connectivity index (χ0) is 38.5. The lowest BCUT2D eigenvalue weighted by Gasteiger charge is -2.35. The van der Waals surface area contributed by atoms with Crippen LogP contribution >= 0.6 is 0 Å². The Labute approximate surface area is 339 Å². The SMILES string of the molecule is c1ccc(-c2ccccc2N(c2cccc(-c3ccc4c(ccc5ccccc54)c3)c2)c2ccc3c(c2)C(c2ccccc2)(c2ccccc2)c2ccccc2-3)cc1.